The van der Waals surface area contributed by atoms with Crippen molar-refractivity contribution in [1.29, 1.82) is 0 Å². The summed E-state index contributed by atoms with van der Waals surface area (Å²) in [5.41, 5.74) is 1.31. The van der Waals surface area contributed by atoms with Crippen molar-refractivity contribution in [3.05, 3.63) is 114 Å². The van der Waals surface area contributed by atoms with Crippen molar-refractivity contribution in [3.63, 3.8) is 0 Å². The zero-order chi connectivity index (χ0) is 25.4. The normalized spacial score (nSPS) is 11.0. The number of hydrogen-bond acceptors (Lipinski definition) is 5. The highest BCUT2D eigenvalue weighted by Crippen LogP contribution is 2.30. The lowest BCUT2D eigenvalue weighted by atomic mass is 10.2. The summed E-state index contributed by atoms with van der Waals surface area (Å²) in [6.45, 7) is -0.188. The Bertz CT molecular complexity index is 1430. The lowest BCUT2D eigenvalue weighted by Crippen LogP contribution is -2.23. The van der Waals surface area contributed by atoms with Gasteiger partial charge in [0.2, 0.25) is 10.0 Å². The van der Waals surface area contributed by atoms with Gasteiger partial charge in [-0.05, 0) is 48.0 Å². The first-order chi connectivity index (χ1) is 17.4. The Morgan fingerprint density at radius 3 is 2.19 bits per heavy atom. The van der Waals surface area contributed by atoms with Crippen LogP contribution in [-0.4, -0.2) is 20.9 Å². The molecule has 0 spiro atoms. The molecule has 0 unspecified atom stereocenters. The number of para-hydroxylation sites is 3. The number of hydrogen-bond donors (Lipinski definition) is 2. The molecule has 0 aliphatic carbocycles. The molecule has 0 radical (unpaired) electrons. The summed E-state index contributed by atoms with van der Waals surface area (Å²) < 4.78 is 39.1. The van der Waals surface area contributed by atoms with Crippen molar-refractivity contribution in [2.24, 2.45) is 0 Å². The molecule has 184 valence electrons. The van der Waals surface area contributed by atoms with E-state index in [1.807, 2.05) is 60.7 Å². The Morgan fingerprint density at radius 1 is 0.806 bits per heavy atom. The summed E-state index contributed by atoms with van der Waals surface area (Å²) in [7, 11) is -3.78. The molecule has 36 heavy (non-hydrogen) atoms. The number of amides is 1. The SMILES string of the molecule is O=C(COc1ccc(S(=O)(=O)NCc2ccccc2)cc1Cl)Nc1ccccc1Oc1ccccc1. The summed E-state index contributed by atoms with van der Waals surface area (Å²) >= 11 is 6.24. The van der Waals surface area contributed by atoms with Crippen molar-refractivity contribution in [2.75, 3.05) is 11.9 Å². The van der Waals surface area contributed by atoms with Gasteiger partial charge in [0.25, 0.3) is 5.91 Å². The van der Waals surface area contributed by atoms with Crippen LogP contribution in [0.25, 0.3) is 0 Å². The van der Waals surface area contributed by atoms with Gasteiger partial charge in [-0.25, -0.2) is 13.1 Å². The fourth-order valence-corrected chi connectivity index (χ4v) is 4.57. The van der Waals surface area contributed by atoms with Gasteiger partial charge in [-0.3, -0.25) is 4.79 Å². The second-order valence-corrected chi connectivity index (χ2v) is 9.82. The van der Waals surface area contributed by atoms with Gasteiger partial charge < -0.3 is 14.8 Å². The number of carbonyl (C=O) groups excluding carboxylic acids is 1. The number of sulfonamides is 1. The maximum Gasteiger partial charge on any atom is 0.262 e. The zero-order valence-corrected chi connectivity index (χ0v) is 20.6. The summed E-state index contributed by atoms with van der Waals surface area (Å²) in [5, 5.41) is 2.82. The van der Waals surface area contributed by atoms with E-state index in [1.54, 1.807) is 24.3 Å². The summed E-state index contributed by atoms with van der Waals surface area (Å²) in [6, 6.07) is 29.5. The molecule has 9 heteroatoms. The third kappa shape index (κ3) is 6.85. The Kier molecular flexibility index (Phi) is 8.22. The van der Waals surface area contributed by atoms with Crippen LogP contribution in [0.3, 0.4) is 0 Å². The van der Waals surface area contributed by atoms with Gasteiger partial charge in [0.05, 0.1) is 15.6 Å². The van der Waals surface area contributed by atoms with Gasteiger partial charge in [-0.2, -0.15) is 0 Å². The maximum atomic E-state index is 12.6. The molecule has 7 nitrogen and oxygen atoms in total. The molecule has 0 atom stereocenters. The van der Waals surface area contributed by atoms with Crippen LogP contribution in [0.1, 0.15) is 5.56 Å². The Morgan fingerprint density at radius 2 is 1.47 bits per heavy atom. The Balaban J connectivity index is 1.35. The maximum absolute atomic E-state index is 12.6. The molecule has 0 saturated heterocycles. The highest BCUT2D eigenvalue weighted by Gasteiger charge is 2.17. The van der Waals surface area contributed by atoms with Gasteiger partial charge in [0.15, 0.2) is 12.4 Å². The number of benzene rings is 4. The van der Waals surface area contributed by atoms with Gasteiger partial charge in [-0.1, -0.05) is 72.3 Å². The standard InChI is InChI=1S/C27H23ClN2O5S/c28-23-17-22(36(32,33)29-18-20-9-3-1-4-10-20)15-16-25(23)34-19-27(31)30-24-13-7-8-14-26(24)35-21-11-5-2-6-12-21/h1-17,29H,18-19H2,(H,30,31). The van der Waals surface area contributed by atoms with Crippen LogP contribution in [0.2, 0.25) is 5.02 Å². The lowest BCUT2D eigenvalue weighted by Gasteiger charge is -2.13. The monoisotopic (exact) mass is 522 g/mol. The molecule has 2 N–H and O–H groups in total. The molecule has 1 amide bonds. The van der Waals surface area contributed by atoms with Crippen molar-refractivity contribution < 1.29 is 22.7 Å². The van der Waals surface area contributed by atoms with E-state index in [-0.39, 0.29) is 28.8 Å². The van der Waals surface area contributed by atoms with Gasteiger partial charge in [0.1, 0.15) is 11.5 Å². The van der Waals surface area contributed by atoms with Crippen molar-refractivity contribution in [2.45, 2.75) is 11.4 Å². The van der Waals surface area contributed by atoms with E-state index in [0.717, 1.165) is 5.56 Å². The molecule has 4 rings (SSSR count). The predicted molar refractivity (Wildman–Crippen MR) is 139 cm³/mol. The van der Waals surface area contributed by atoms with E-state index in [0.29, 0.717) is 17.2 Å². The largest absolute Gasteiger partial charge is 0.482 e. The molecule has 0 aliphatic heterocycles. The molecule has 4 aromatic rings. The molecule has 0 aromatic heterocycles. The fourth-order valence-electron chi connectivity index (χ4n) is 3.23. The van der Waals surface area contributed by atoms with Crippen molar-refractivity contribution >= 4 is 33.2 Å². The van der Waals surface area contributed by atoms with Crippen LogP contribution in [0.4, 0.5) is 5.69 Å². The van der Waals surface area contributed by atoms with E-state index < -0.39 is 15.9 Å². The zero-order valence-electron chi connectivity index (χ0n) is 19.1. The van der Waals surface area contributed by atoms with Crippen molar-refractivity contribution in [1.82, 2.24) is 4.72 Å². The van der Waals surface area contributed by atoms with E-state index >= 15 is 0 Å². The fraction of sp³-hybridized carbons (Fsp3) is 0.0741. The van der Waals surface area contributed by atoms with Crippen LogP contribution >= 0.6 is 11.6 Å². The lowest BCUT2D eigenvalue weighted by molar-refractivity contribution is -0.118. The predicted octanol–water partition coefficient (Wildman–Crippen LogP) is 5.63. The van der Waals surface area contributed by atoms with Gasteiger partial charge >= 0.3 is 0 Å². The topological polar surface area (TPSA) is 93.7 Å². The van der Waals surface area contributed by atoms with Crippen LogP contribution < -0.4 is 19.5 Å². The van der Waals surface area contributed by atoms with Gasteiger partial charge in [-0.15, -0.1) is 0 Å². The minimum Gasteiger partial charge on any atom is -0.482 e. The quantitative estimate of drug-likeness (QED) is 0.281. The molecule has 0 heterocycles. The number of carbonyl (C=O) groups is 1. The molecule has 0 saturated carbocycles. The van der Waals surface area contributed by atoms with E-state index in [1.165, 1.54) is 18.2 Å². The summed E-state index contributed by atoms with van der Waals surface area (Å²) in [4.78, 5) is 12.5. The van der Waals surface area contributed by atoms with E-state index in [4.69, 9.17) is 21.1 Å². The van der Waals surface area contributed by atoms with Gasteiger partial charge in [0, 0.05) is 6.54 Å². The molecule has 4 aromatic carbocycles. The highest BCUT2D eigenvalue weighted by atomic mass is 35.5. The van der Waals surface area contributed by atoms with Crippen LogP contribution in [0.5, 0.6) is 17.2 Å². The van der Waals surface area contributed by atoms with Crippen LogP contribution in [0, 0.1) is 0 Å². The molecular formula is C27H23ClN2O5S. The van der Waals surface area contributed by atoms with E-state index in [9.17, 15) is 13.2 Å². The van der Waals surface area contributed by atoms with Crippen molar-refractivity contribution in [3.8, 4) is 17.2 Å². The minimum absolute atomic E-state index is 0.00720. The first-order valence-electron chi connectivity index (χ1n) is 11.0. The Labute approximate surface area is 214 Å². The third-order valence-corrected chi connectivity index (χ3v) is 6.71. The third-order valence-electron chi connectivity index (χ3n) is 5.01. The Hall–Kier alpha value is -3.85. The van der Waals surface area contributed by atoms with Crippen LogP contribution in [-0.2, 0) is 21.4 Å². The van der Waals surface area contributed by atoms with E-state index in [2.05, 4.69) is 10.0 Å². The van der Waals surface area contributed by atoms with Crippen LogP contribution in [0.15, 0.2) is 108 Å². The number of halogens is 1. The second kappa shape index (κ2) is 11.7. The smallest absolute Gasteiger partial charge is 0.262 e. The second-order valence-electron chi connectivity index (χ2n) is 7.65. The number of ether oxygens (including phenoxy) is 2. The average Bonchev–Trinajstić information content (AvgIpc) is 2.89. The average molecular weight is 523 g/mol. The molecule has 0 aliphatic rings. The number of rotatable bonds is 10. The molecular weight excluding hydrogens is 500 g/mol. The molecule has 0 fully saturated rings. The number of anilines is 1. The first kappa shape index (κ1) is 25.2. The minimum atomic E-state index is -3.78. The molecule has 0 bridgehead atoms. The first-order valence-corrected chi connectivity index (χ1v) is 12.8. The number of nitrogens with one attached hydrogen (secondary N) is 2. The summed E-state index contributed by atoms with van der Waals surface area (Å²) in [5.74, 6) is 0.863. The highest BCUT2D eigenvalue weighted by molar-refractivity contribution is 7.89. The summed E-state index contributed by atoms with van der Waals surface area (Å²) in [6.07, 6.45) is 0.